The minimum Gasteiger partial charge on any atom is -0.493 e. The molecule has 0 radical (unpaired) electrons. The summed E-state index contributed by atoms with van der Waals surface area (Å²) in [4.78, 5) is 31.1. The quantitative estimate of drug-likeness (QED) is 0.523. The lowest BCUT2D eigenvalue weighted by Crippen LogP contribution is -2.36. The number of benzene rings is 2. The fraction of sp³-hybridized carbons (Fsp3) is 0.211. The highest BCUT2D eigenvalue weighted by Gasteiger charge is 2.08. The number of ether oxygens (including phenoxy) is 2. The largest absolute Gasteiger partial charge is 0.493 e. The topological polar surface area (TPSA) is 105 Å². The smallest absolute Gasteiger partial charge is 0.258 e. The van der Waals surface area contributed by atoms with Crippen LogP contribution in [0.1, 0.15) is 10.4 Å². The Balaban J connectivity index is 1.39. The van der Waals surface area contributed by atoms with E-state index >= 15 is 0 Å². The van der Waals surface area contributed by atoms with Crippen LogP contribution in [0.2, 0.25) is 0 Å². The van der Waals surface area contributed by atoms with Crippen LogP contribution in [0.25, 0.3) is 11.0 Å². The van der Waals surface area contributed by atoms with E-state index in [1.54, 1.807) is 42.7 Å². The molecule has 0 bridgehead atoms. The van der Waals surface area contributed by atoms with Gasteiger partial charge in [-0.1, -0.05) is 12.1 Å². The monoisotopic (exact) mass is 368 g/mol. The first kappa shape index (κ1) is 18.2. The van der Waals surface area contributed by atoms with Crippen LogP contribution in [0.4, 0.5) is 0 Å². The average molecular weight is 368 g/mol. The summed E-state index contributed by atoms with van der Waals surface area (Å²) in [5.41, 5.74) is 2.12. The van der Waals surface area contributed by atoms with Gasteiger partial charge < -0.3 is 25.1 Å². The lowest BCUT2D eigenvalue weighted by molar-refractivity contribution is -0.123. The fourth-order valence-electron chi connectivity index (χ4n) is 2.49. The second-order valence-electron chi connectivity index (χ2n) is 5.68. The van der Waals surface area contributed by atoms with Crippen LogP contribution in [0.5, 0.6) is 11.5 Å². The molecule has 3 N–H and O–H groups in total. The van der Waals surface area contributed by atoms with Gasteiger partial charge in [0.25, 0.3) is 11.8 Å². The van der Waals surface area contributed by atoms with Crippen LogP contribution in [-0.4, -0.2) is 48.6 Å². The molecule has 0 spiro atoms. The van der Waals surface area contributed by atoms with Gasteiger partial charge in [-0.05, 0) is 30.3 Å². The molecule has 0 fully saturated rings. The highest BCUT2D eigenvalue weighted by molar-refractivity contribution is 5.97. The third-order valence-electron chi connectivity index (χ3n) is 3.84. The van der Waals surface area contributed by atoms with E-state index in [0.29, 0.717) is 30.2 Å². The number of hydrogen-bond donors (Lipinski definition) is 3. The van der Waals surface area contributed by atoms with Gasteiger partial charge in [-0.3, -0.25) is 9.59 Å². The molecule has 2 amide bonds. The molecule has 3 rings (SSSR count). The first-order chi connectivity index (χ1) is 13.2. The highest BCUT2D eigenvalue weighted by Crippen LogP contribution is 2.25. The Hall–Kier alpha value is -3.55. The van der Waals surface area contributed by atoms with E-state index in [2.05, 4.69) is 20.6 Å². The minimum absolute atomic E-state index is 0.134. The molecule has 0 unspecified atom stereocenters. The van der Waals surface area contributed by atoms with E-state index in [4.69, 9.17) is 9.47 Å². The van der Waals surface area contributed by atoms with E-state index in [-0.39, 0.29) is 18.4 Å². The molecule has 0 aliphatic heterocycles. The first-order valence-corrected chi connectivity index (χ1v) is 8.41. The van der Waals surface area contributed by atoms with Crippen molar-refractivity contribution in [2.75, 3.05) is 26.8 Å². The predicted octanol–water partition coefficient (Wildman–Crippen LogP) is 1.50. The van der Waals surface area contributed by atoms with Crippen molar-refractivity contribution in [1.29, 1.82) is 0 Å². The van der Waals surface area contributed by atoms with E-state index in [0.717, 1.165) is 11.0 Å². The molecule has 0 saturated heterocycles. The molecule has 0 saturated carbocycles. The molecule has 1 heterocycles. The average Bonchev–Trinajstić information content (AvgIpc) is 3.17. The Morgan fingerprint density at radius 3 is 2.67 bits per heavy atom. The number of para-hydroxylation sites is 2. The molecule has 3 aromatic rings. The maximum Gasteiger partial charge on any atom is 0.258 e. The van der Waals surface area contributed by atoms with Crippen LogP contribution in [0.3, 0.4) is 0 Å². The Labute approximate surface area is 155 Å². The van der Waals surface area contributed by atoms with Gasteiger partial charge in [-0.25, -0.2) is 4.98 Å². The summed E-state index contributed by atoms with van der Waals surface area (Å²) in [6.07, 6.45) is 1.58. The number of imidazole rings is 1. The second-order valence-corrected chi connectivity index (χ2v) is 5.68. The molecule has 0 atom stereocenters. The number of hydrogen-bond acceptors (Lipinski definition) is 5. The van der Waals surface area contributed by atoms with E-state index in [9.17, 15) is 9.59 Å². The van der Waals surface area contributed by atoms with Crippen molar-refractivity contribution in [3.63, 3.8) is 0 Å². The van der Waals surface area contributed by atoms with Crippen LogP contribution < -0.4 is 20.1 Å². The molecule has 27 heavy (non-hydrogen) atoms. The van der Waals surface area contributed by atoms with E-state index < -0.39 is 0 Å². The summed E-state index contributed by atoms with van der Waals surface area (Å²) < 4.78 is 10.6. The number of fused-ring (bicyclic) bond motifs is 1. The third kappa shape index (κ3) is 4.75. The Bertz CT molecular complexity index is 938. The molecule has 140 valence electrons. The SMILES string of the molecule is COc1ccccc1OCC(=O)NCCNC(=O)c1ccc2nc[nH]c2c1. The summed E-state index contributed by atoms with van der Waals surface area (Å²) in [6, 6.07) is 12.3. The number of nitrogens with one attached hydrogen (secondary N) is 3. The van der Waals surface area contributed by atoms with Crippen molar-refractivity contribution in [1.82, 2.24) is 20.6 Å². The van der Waals surface area contributed by atoms with Gasteiger partial charge in [0.05, 0.1) is 24.5 Å². The lowest BCUT2D eigenvalue weighted by Gasteiger charge is -2.11. The number of H-pyrrole nitrogens is 1. The number of nitrogens with zero attached hydrogens (tertiary/aromatic N) is 1. The van der Waals surface area contributed by atoms with E-state index in [1.165, 1.54) is 7.11 Å². The van der Waals surface area contributed by atoms with Gasteiger partial charge in [0.15, 0.2) is 18.1 Å². The lowest BCUT2D eigenvalue weighted by atomic mass is 10.2. The normalized spacial score (nSPS) is 10.4. The van der Waals surface area contributed by atoms with Crippen molar-refractivity contribution < 1.29 is 19.1 Å². The molecule has 8 nitrogen and oxygen atoms in total. The Morgan fingerprint density at radius 1 is 1.07 bits per heavy atom. The maximum absolute atomic E-state index is 12.1. The highest BCUT2D eigenvalue weighted by atomic mass is 16.5. The standard InChI is InChI=1S/C19H20N4O4/c1-26-16-4-2-3-5-17(16)27-11-18(24)20-8-9-21-19(25)13-6-7-14-15(10-13)23-12-22-14/h2-7,10,12H,8-9,11H2,1H3,(H,20,24)(H,21,25)(H,22,23). The molecular formula is C19H20N4O4. The van der Waals surface area contributed by atoms with Gasteiger partial charge >= 0.3 is 0 Å². The predicted molar refractivity (Wildman–Crippen MR) is 99.9 cm³/mol. The minimum atomic E-state index is -0.283. The van der Waals surface area contributed by atoms with Crippen molar-refractivity contribution in [3.8, 4) is 11.5 Å². The zero-order chi connectivity index (χ0) is 19.1. The number of methoxy groups -OCH3 is 1. The zero-order valence-electron chi connectivity index (χ0n) is 14.8. The van der Waals surface area contributed by atoms with E-state index in [1.807, 2.05) is 6.07 Å². The molecule has 0 aliphatic rings. The summed E-state index contributed by atoms with van der Waals surface area (Å²) in [5.74, 6) is 0.560. The fourth-order valence-corrected chi connectivity index (χ4v) is 2.49. The summed E-state index contributed by atoms with van der Waals surface area (Å²) in [6.45, 7) is 0.469. The number of rotatable bonds is 8. The van der Waals surface area contributed by atoms with Crippen LogP contribution in [-0.2, 0) is 4.79 Å². The van der Waals surface area contributed by atoms with Gasteiger partial charge in [0, 0.05) is 18.7 Å². The van der Waals surface area contributed by atoms with Crippen LogP contribution in [0, 0.1) is 0 Å². The molecule has 2 aromatic carbocycles. The van der Waals surface area contributed by atoms with Gasteiger partial charge in [0.2, 0.25) is 0 Å². The van der Waals surface area contributed by atoms with Crippen molar-refractivity contribution in [3.05, 3.63) is 54.4 Å². The number of carbonyl (C=O) groups is 2. The van der Waals surface area contributed by atoms with Gasteiger partial charge in [-0.2, -0.15) is 0 Å². The number of aromatic nitrogens is 2. The first-order valence-electron chi connectivity index (χ1n) is 8.41. The summed E-state index contributed by atoms with van der Waals surface area (Å²) in [7, 11) is 1.54. The molecule has 0 aliphatic carbocycles. The number of carbonyl (C=O) groups excluding carboxylic acids is 2. The number of amides is 2. The second kappa shape index (κ2) is 8.70. The Morgan fingerprint density at radius 2 is 1.85 bits per heavy atom. The van der Waals surface area contributed by atoms with Crippen LogP contribution >= 0.6 is 0 Å². The molecular weight excluding hydrogens is 348 g/mol. The van der Waals surface area contributed by atoms with Crippen LogP contribution in [0.15, 0.2) is 48.8 Å². The van der Waals surface area contributed by atoms with Gasteiger partial charge in [-0.15, -0.1) is 0 Å². The maximum atomic E-state index is 12.1. The molecule has 8 heteroatoms. The molecule has 1 aromatic heterocycles. The zero-order valence-corrected chi connectivity index (χ0v) is 14.8. The Kier molecular flexibility index (Phi) is 5.88. The summed E-state index contributed by atoms with van der Waals surface area (Å²) in [5, 5.41) is 5.44. The van der Waals surface area contributed by atoms with Crippen molar-refractivity contribution >= 4 is 22.8 Å². The van der Waals surface area contributed by atoms with Crippen molar-refractivity contribution in [2.45, 2.75) is 0 Å². The van der Waals surface area contributed by atoms with Gasteiger partial charge in [0.1, 0.15) is 0 Å². The van der Waals surface area contributed by atoms with Crippen molar-refractivity contribution in [2.24, 2.45) is 0 Å². The number of aromatic amines is 1. The third-order valence-corrected chi connectivity index (χ3v) is 3.84. The summed E-state index contributed by atoms with van der Waals surface area (Å²) >= 11 is 0.